The van der Waals surface area contributed by atoms with Crippen LogP contribution in [-0.4, -0.2) is 4.98 Å². The van der Waals surface area contributed by atoms with Crippen LogP contribution in [0, 0.1) is 0 Å². The van der Waals surface area contributed by atoms with Crippen LogP contribution >= 0.6 is 15.9 Å². The van der Waals surface area contributed by atoms with Gasteiger partial charge in [0.15, 0.2) is 0 Å². The molecule has 0 unspecified atom stereocenters. The highest BCUT2D eigenvalue weighted by Gasteiger charge is 2.07. The first-order chi connectivity index (χ1) is 7.13. The summed E-state index contributed by atoms with van der Waals surface area (Å²) in [6.07, 6.45) is 2.54. The monoisotopic (exact) mass is 265 g/mol. The van der Waals surface area contributed by atoms with Crippen molar-refractivity contribution in [3.05, 3.63) is 28.4 Å². The molecule has 0 amide bonds. The fourth-order valence-electron chi connectivity index (χ4n) is 1.64. The minimum absolute atomic E-state index is 0.530. The van der Waals surface area contributed by atoms with E-state index in [0.717, 1.165) is 21.8 Å². The Kier molecular flexibility index (Phi) is 2.52. The maximum absolute atomic E-state index is 5.92. The van der Waals surface area contributed by atoms with Gasteiger partial charge in [-0.05, 0) is 24.1 Å². The number of hydrogen-bond acceptors (Lipinski definition) is 3. The number of anilines is 2. The molecule has 4 heteroatoms. The van der Waals surface area contributed by atoms with Gasteiger partial charge in [0.25, 0.3) is 0 Å². The Balaban J connectivity index is 2.89. The molecule has 1 aromatic carbocycles. The van der Waals surface area contributed by atoms with Gasteiger partial charge in [-0.15, -0.1) is 0 Å². The number of fused-ring (bicyclic) bond motifs is 1. The molecular formula is C11H12BrN3. The summed E-state index contributed by atoms with van der Waals surface area (Å²) in [5.41, 5.74) is 14.9. The predicted molar refractivity (Wildman–Crippen MR) is 67.6 cm³/mol. The second kappa shape index (κ2) is 3.70. The fourth-order valence-corrected chi connectivity index (χ4v) is 2.15. The number of hydrogen-bond donors (Lipinski definition) is 2. The van der Waals surface area contributed by atoms with Crippen LogP contribution in [0.5, 0.6) is 0 Å². The van der Waals surface area contributed by atoms with Gasteiger partial charge in [0, 0.05) is 9.86 Å². The van der Waals surface area contributed by atoms with E-state index in [4.69, 9.17) is 11.5 Å². The minimum Gasteiger partial charge on any atom is -0.396 e. The predicted octanol–water partition coefficient (Wildman–Crippen LogP) is 2.72. The number of nitrogens with two attached hydrogens (primary N) is 2. The molecule has 0 saturated heterocycles. The van der Waals surface area contributed by atoms with E-state index in [1.54, 1.807) is 6.20 Å². The molecule has 4 N–H and O–H groups in total. The van der Waals surface area contributed by atoms with Gasteiger partial charge in [-0.1, -0.05) is 22.9 Å². The van der Waals surface area contributed by atoms with Crippen molar-refractivity contribution in [2.24, 2.45) is 0 Å². The summed E-state index contributed by atoms with van der Waals surface area (Å²) in [5, 5.41) is 0.918. The average molecular weight is 266 g/mol. The molecule has 2 rings (SSSR count). The number of pyridine rings is 1. The van der Waals surface area contributed by atoms with Crippen molar-refractivity contribution < 1.29 is 0 Å². The Morgan fingerprint density at radius 3 is 2.73 bits per heavy atom. The van der Waals surface area contributed by atoms with Gasteiger partial charge in [-0.3, -0.25) is 4.98 Å². The maximum Gasteiger partial charge on any atom is 0.0757 e. The van der Waals surface area contributed by atoms with E-state index >= 15 is 0 Å². The van der Waals surface area contributed by atoms with E-state index in [2.05, 4.69) is 33.9 Å². The van der Waals surface area contributed by atoms with Crippen LogP contribution in [0.15, 0.2) is 22.8 Å². The number of halogens is 1. The minimum atomic E-state index is 0.530. The molecular weight excluding hydrogens is 254 g/mol. The van der Waals surface area contributed by atoms with Crippen molar-refractivity contribution in [2.75, 3.05) is 11.5 Å². The lowest BCUT2D eigenvalue weighted by molar-refractivity contribution is 1.14. The quantitative estimate of drug-likeness (QED) is 0.834. The van der Waals surface area contributed by atoms with Gasteiger partial charge >= 0.3 is 0 Å². The molecule has 0 spiro atoms. The summed E-state index contributed by atoms with van der Waals surface area (Å²) >= 11 is 3.46. The number of nitrogen functional groups attached to an aromatic ring is 2. The number of benzene rings is 1. The van der Waals surface area contributed by atoms with Crippen molar-refractivity contribution in [3.8, 4) is 0 Å². The molecule has 0 aliphatic carbocycles. The molecule has 15 heavy (non-hydrogen) atoms. The second-order valence-corrected chi connectivity index (χ2v) is 4.36. The third-order valence-corrected chi connectivity index (χ3v) is 2.93. The molecule has 0 saturated carbocycles. The molecule has 0 radical (unpaired) electrons. The van der Waals surface area contributed by atoms with Crippen molar-refractivity contribution in [3.63, 3.8) is 0 Å². The lowest BCUT2D eigenvalue weighted by atomic mass is 10.1. The Morgan fingerprint density at radius 1 is 1.33 bits per heavy atom. The van der Waals surface area contributed by atoms with Crippen LogP contribution < -0.4 is 11.5 Å². The summed E-state index contributed by atoms with van der Waals surface area (Å²) in [6, 6.07) is 4.01. The number of nitrogens with zero attached hydrogens (tertiary/aromatic N) is 1. The van der Waals surface area contributed by atoms with E-state index in [9.17, 15) is 0 Å². The fraction of sp³-hybridized carbons (Fsp3) is 0.182. The number of aryl methyl sites for hydroxylation is 1. The Morgan fingerprint density at radius 2 is 2.07 bits per heavy atom. The molecule has 2 aromatic rings. The smallest absolute Gasteiger partial charge is 0.0757 e. The Bertz CT molecular complexity index is 523. The van der Waals surface area contributed by atoms with Crippen LogP contribution in [0.25, 0.3) is 10.9 Å². The maximum atomic E-state index is 5.92. The van der Waals surface area contributed by atoms with Crippen LogP contribution in [-0.2, 0) is 6.42 Å². The molecule has 1 heterocycles. The lowest BCUT2D eigenvalue weighted by Crippen LogP contribution is -1.98. The summed E-state index contributed by atoms with van der Waals surface area (Å²) in [6.45, 7) is 2.09. The van der Waals surface area contributed by atoms with Crippen molar-refractivity contribution >= 4 is 38.2 Å². The molecule has 78 valence electrons. The largest absolute Gasteiger partial charge is 0.396 e. The third-order valence-electron chi connectivity index (χ3n) is 2.47. The van der Waals surface area contributed by atoms with Gasteiger partial charge in [0.2, 0.25) is 0 Å². The van der Waals surface area contributed by atoms with E-state index in [1.165, 1.54) is 5.56 Å². The van der Waals surface area contributed by atoms with Crippen molar-refractivity contribution in [2.45, 2.75) is 13.3 Å². The zero-order valence-electron chi connectivity index (χ0n) is 8.42. The molecule has 3 nitrogen and oxygen atoms in total. The average Bonchev–Trinajstić information content (AvgIpc) is 2.23. The van der Waals surface area contributed by atoms with Crippen LogP contribution in [0.1, 0.15) is 12.5 Å². The summed E-state index contributed by atoms with van der Waals surface area (Å²) in [4.78, 5) is 4.33. The van der Waals surface area contributed by atoms with Gasteiger partial charge in [-0.2, -0.15) is 0 Å². The number of rotatable bonds is 1. The second-order valence-electron chi connectivity index (χ2n) is 3.44. The molecule has 0 atom stereocenters. The highest BCUT2D eigenvalue weighted by Crippen LogP contribution is 2.30. The van der Waals surface area contributed by atoms with Crippen LogP contribution in [0.2, 0.25) is 0 Å². The van der Waals surface area contributed by atoms with Crippen molar-refractivity contribution in [1.82, 2.24) is 4.98 Å². The zero-order valence-corrected chi connectivity index (χ0v) is 10.0. The van der Waals surface area contributed by atoms with E-state index < -0.39 is 0 Å². The first kappa shape index (κ1) is 10.2. The first-order valence-corrected chi connectivity index (χ1v) is 5.55. The topological polar surface area (TPSA) is 64.9 Å². The van der Waals surface area contributed by atoms with Gasteiger partial charge in [-0.25, -0.2) is 0 Å². The lowest BCUT2D eigenvalue weighted by Gasteiger charge is -2.08. The van der Waals surface area contributed by atoms with Gasteiger partial charge in [0.1, 0.15) is 0 Å². The van der Waals surface area contributed by atoms with Gasteiger partial charge < -0.3 is 11.5 Å². The highest BCUT2D eigenvalue weighted by atomic mass is 79.9. The first-order valence-electron chi connectivity index (χ1n) is 4.75. The molecule has 1 aromatic heterocycles. The zero-order chi connectivity index (χ0) is 11.0. The SMILES string of the molecule is CCc1cc(Br)cc2c(N)c(N)cnc12. The summed E-state index contributed by atoms with van der Waals surface area (Å²) < 4.78 is 1.01. The normalized spacial score (nSPS) is 10.8. The van der Waals surface area contributed by atoms with Crippen molar-refractivity contribution in [1.29, 1.82) is 0 Å². The van der Waals surface area contributed by atoms with Crippen LogP contribution in [0.3, 0.4) is 0 Å². The third kappa shape index (κ3) is 1.65. The summed E-state index contributed by atoms with van der Waals surface area (Å²) in [7, 11) is 0. The van der Waals surface area contributed by atoms with E-state index in [0.29, 0.717) is 11.4 Å². The van der Waals surface area contributed by atoms with Gasteiger partial charge in [0.05, 0.1) is 23.1 Å². The molecule has 0 fully saturated rings. The molecule has 0 bridgehead atoms. The van der Waals surface area contributed by atoms with Crippen LogP contribution in [0.4, 0.5) is 11.4 Å². The number of aromatic nitrogens is 1. The molecule has 0 aliphatic rings. The highest BCUT2D eigenvalue weighted by molar-refractivity contribution is 9.10. The Labute approximate surface area is 96.6 Å². The van der Waals surface area contributed by atoms with E-state index in [-0.39, 0.29) is 0 Å². The summed E-state index contributed by atoms with van der Waals surface area (Å²) in [5.74, 6) is 0. The Hall–Kier alpha value is -1.29. The molecule has 0 aliphatic heterocycles. The van der Waals surface area contributed by atoms with E-state index in [1.807, 2.05) is 6.07 Å². The standard InChI is InChI=1S/C11H12BrN3/c1-2-6-3-7(12)4-8-10(14)9(13)5-15-11(6)8/h3-5H,2,13H2,1H3,(H2,14,15).